The Morgan fingerprint density at radius 1 is 1.05 bits per heavy atom. The van der Waals surface area contributed by atoms with E-state index in [1.54, 1.807) is 0 Å². The average Bonchev–Trinajstić information content (AvgIpc) is 3.08. The normalized spacial score (nSPS) is 28.3. The lowest BCUT2D eigenvalue weighted by atomic mass is 10.2. The van der Waals surface area contributed by atoms with Gasteiger partial charge in [-0.3, -0.25) is 9.80 Å². The average molecular weight is 292 g/mol. The molecular formula is C15H24N4O2. The first kappa shape index (κ1) is 13.7. The molecule has 2 saturated heterocycles. The zero-order valence-corrected chi connectivity index (χ0v) is 12.5. The molecule has 1 aliphatic carbocycles. The van der Waals surface area contributed by atoms with Crippen LogP contribution in [0.15, 0.2) is 4.52 Å². The molecule has 0 N–H and O–H groups in total. The van der Waals surface area contributed by atoms with Gasteiger partial charge < -0.3 is 9.26 Å². The Balaban J connectivity index is 1.35. The summed E-state index contributed by atoms with van der Waals surface area (Å²) in [7, 11) is 0. The van der Waals surface area contributed by atoms with Crippen LogP contribution in [-0.4, -0.2) is 65.9 Å². The molecule has 0 aromatic carbocycles. The zero-order valence-electron chi connectivity index (χ0n) is 12.5. The molecule has 6 nitrogen and oxygen atoms in total. The summed E-state index contributed by atoms with van der Waals surface area (Å²) in [6.07, 6.45) is 4.83. The largest absolute Gasteiger partial charge is 0.379 e. The smallest absolute Gasteiger partial charge is 0.229 e. The van der Waals surface area contributed by atoms with Crippen LogP contribution in [0.4, 0.5) is 0 Å². The third kappa shape index (κ3) is 3.12. The van der Waals surface area contributed by atoms with Crippen molar-refractivity contribution in [3.8, 4) is 0 Å². The summed E-state index contributed by atoms with van der Waals surface area (Å²) >= 11 is 0. The lowest BCUT2D eigenvalue weighted by Crippen LogP contribution is -2.41. The number of nitrogens with zero attached hydrogens (tertiary/aromatic N) is 4. The molecular weight excluding hydrogens is 268 g/mol. The van der Waals surface area contributed by atoms with E-state index in [1.807, 2.05) is 0 Å². The number of aromatic nitrogens is 2. The van der Waals surface area contributed by atoms with Crippen molar-refractivity contribution < 1.29 is 9.26 Å². The van der Waals surface area contributed by atoms with E-state index in [4.69, 9.17) is 9.26 Å². The number of hydrogen-bond acceptors (Lipinski definition) is 6. The predicted octanol–water partition coefficient (Wildman–Crippen LogP) is 1.42. The summed E-state index contributed by atoms with van der Waals surface area (Å²) < 4.78 is 10.8. The summed E-state index contributed by atoms with van der Waals surface area (Å²) in [5.41, 5.74) is 0. The van der Waals surface area contributed by atoms with Crippen LogP contribution < -0.4 is 0 Å². The van der Waals surface area contributed by atoms with E-state index in [0.29, 0.717) is 12.0 Å². The van der Waals surface area contributed by atoms with Crippen molar-refractivity contribution >= 4 is 0 Å². The van der Waals surface area contributed by atoms with Crippen LogP contribution in [0.1, 0.15) is 49.4 Å². The molecule has 0 radical (unpaired) electrons. The Kier molecular flexibility index (Phi) is 3.92. The van der Waals surface area contributed by atoms with E-state index < -0.39 is 0 Å². The van der Waals surface area contributed by atoms with Crippen LogP contribution in [0, 0.1) is 0 Å². The molecule has 116 valence electrons. The van der Waals surface area contributed by atoms with Gasteiger partial charge in [0.1, 0.15) is 0 Å². The van der Waals surface area contributed by atoms with Crippen molar-refractivity contribution in [3.63, 3.8) is 0 Å². The van der Waals surface area contributed by atoms with Crippen molar-refractivity contribution in [1.29, 1.82) is 0 Å². The molecule has 0 spiro atoms. The van der Waals surface area contributed by atoms with Gasteiger partial charge in [-0.1, -0.05) is 5.16 Å². The van der Waals surface area contributed by atoms with Gasteiger partial charge in [0.05, 0.1) is 19.3 Å². The van der Waals surface area contributed by atoms with Gasteiger partial charge in [-0.2, -0.15) is 4.98 Å². The minimum Gasteiger partial charge on any atom is -0.379 e. The van der Waals surface area contributed by atoms with Crippen molar-refractivity contribution in [2.75, 3.05) is 45.9 Å². The molecule has 0 bridgehead atoms. The van der Waals surface area contributed by atoms with Gasteiger partial charge >= 0.3 is 0 Å². The van der Waals surface area contributed by atoms with E-state index in [9.17, 15) is 0 Å². The SMILES string of the molecule is C1C[C@@H](c2noc(C3CC3)n2)N(CCN2CCOCC2)C1. The molecule has 4 rings (SSSR count). The lowest BCUT2D eigenvalue weighted by Gasteiger charge is -2.30. The van der Waals surface area contributed by atoms with Gasteiger partial charge in [0.2, 0.25) is 5.89 Å². The predicted molar refractivity (Wildman–Crippen MR) is 77.1 cm³/mol. The zero-order chi connectivity index (χ0) is 14.1. The first-order valence-electron chi connectivity index (χ1n) is 8.28. The first-order valence-corrected chi connectivity index (χ1v) is 8.28. The molecule has 3 heterocycles. The fraction of sp³-hybridized carbons (Fsp3) is 0.867. The number of morpholine rings is 1. The van der Waals surface area contributed by atoms with E-state index in [2.05, 4.69) is 19.9 Å². The Hall–Kier alpha value is -0.980. The monoisotopic (exact) mass is 292 g/mol. The van der Waals surface area contributed by atoms with Crippen LogP contribution >= 0.6 is 0 Å². The van der Waals surface area contributed by atoms with Gasteiger partial charge in [0.25, 0.3) is 0 Å². The third-order valence-electron chi connectivity index (χ3n) is 4.85. The van der Waals surface area contributed by atoms with Crippen molar-refractivity contribution in [3.05, 3.63) is 11.7 Å². The Morgan fingerprint density at radius 3 is 2.71 bits per heavy atom. The quantitative estimate of drug-likeness (QED) is 0.818. The molecule has 1 aromatic rings. The molecule has 21 heavy (non-hydrogen) atoms. The molecule has 3 aliphatic rings. The molecule has 6 heteroatoms. The first-order chi connectivity index (χ1) is 10.4. The molecule has 1 saturated carbocycles. The summed E-state index contributed by atoms with van der Waals surface area (Å²) in [5.74, 6) is 2.33. The fourth-order valence-corrected chi connectivity index (χ4v) is 3.36. The minimum absolute atomic E-state index is 0.363. The molecule has 3 fully saturated rings. The second-order valence-electron chi connectivity index (χ2n) is 6.41. The van der Waals surface area contributed by atoms with Crippen LogP contribution in [0.25, 0.3) is 0 Å². The van der Waals surface area contributed by atoms with Crippen molar-refractivity contribution in [1.82, 2.24) is 19.9 Å². The summed E-state index contributed by atoms with van der Waals surface area (Å²) in [6.45, 7) is 7.24. The Labute approximate surface area is 125 Å². The molecule has 1 atom stereocenters. The second-order valence-corrected chi connectivity index (χ2v) is 6.41. The summed E-state index contributed by atoms with van der Waals surface area (Å²) in [4.78, 5) is 9.66. The Bertz CT molecular complexity index is 468. The molecule has 0 amide bonds. The highest BCUT2D eigenvalue weighted by molar-refractivity contribution is 5.05. The standard InChI is InChI=1S/C15H24N4O2/c1-2-13(14-16-15(21-17-14)12-3-4-12)19(5-1)7-6-18-8-10-20-11-9-18/h12-13H,1-11H2/t13-/m0/s1. The van der Waals surface area contributed by atoms with Crippen LogP contribution in [0.3, 0.4) is 0 Å². The lowest BCUT2D eigenvalue weighted by molar-refractivity contribution is 0.0324. The topological polar surface area (TPSA) is 54.6 Å². The van der Waals surface area contributed by atoms with Crippen LogP contribution in [-0.2, 0) is 4.74 Å². The Morgan fingerprint density at radius 2 is 1.90 bits per heavy atom. The van der Waals surface area contributed by atoms with Crippen molar-refractivity contribution in [2.24, 2.45) is 0 Å². The van der Waals surface area contributed by atoms with Gasteiger partial charge in [-0.15, -0.1) is 0 Å². The van der Waals surface area contributed by atoms with Gasteiger partial charge in [-0.25, -0.2) is 0 Å². The second kappa shape index (κ2) is 6.02. The van der Waals surface area contributed by atoms with Gasteiger partial charge in [0, 0.05) is 32.1 Å². The number of ether oxygens (including phenoxy) is 1. The van der Waals surface area contributed by atoms with Crippen LogP contribution in [0.2, 0.25) is 0 Å². The number of rotatable bonds is 5. The molecule has 0 unspecified atom stereocenters. The van der Waals surface area contributed by atoms with Crippen molar-refractivity contribution in [2.45, 2.75) is 37.6 Å². The third-order valence-corrected chi connectivity index (χ3v) is 4.85. The highest BCUT2D eigenvalue weighted by Crippen LogP contribution is 2.40. The van der Waals surface area contributed by atoms with E-state index >= 15 is 0 Å². The van der Waals surface area contributed by atoms with E-state index in [0.717, 1.165) is 64.1 Å². The van der Waals surface area contributed by atoms with Crippen LogP contribution in [0.5, 0.6) is 0 Å². The van der Waals surface area contributed by atoms with Gasteiger partial charge in [0.15, 0.2) is 5.82 Å². The molecule has 2 aliphatic heterocycles. The minimum atomic E-state index is 0.363. The fourth-order valence-electron chi connectivity index (χ4n) is 3.36. The summed E-state index contributed by atoms with van der Waals surface area (Å²) in [5, 5.41) is 4.24. The van der Waals surface area contributed by atoms with E-state index in [-0.39, 0.29) is 0 Å². The highest BCUT2D eigenvalue weighted by Gasteiger charge is 2.34. The van der Waals surface area contributed by atoms with E-state index in [1.165, 1.54) is 19.3 Å². The maximum absolute atomic E-state index is 5.43. The molecule has 1 aromatic heterocycles. The maximum atomic E-state index is 5.43. The maximum Gasteiger partial charge on any atom is 0.229 e. The highest BCUT2D eigenvalue weighted by atomic mass is 16.5. The van der Waals surface area contributed by atoms with Gasteiger partial charge in [-0.05, 0) is 32.2 Å². The number of likely N-dealkylation sites (tertiary alicyclic amines) is 1. The number of hydrogen-bond donors (Lipinski definition) is 0. The summed E-state index contributed by atoms with van der Waals surface area (Å²) in [6, 6.07) is 0.363.